The van der Waals surface area contributed by atoms with Gasteiger partial charge in [-0.05, 0) is 67.6 Å². The Bertz CT molecular complexity index is 344. The molecule has 0 heterocycles. The quantitative estimate of drug-likeness (QED) is 0.812. The lowest BCUT2D eigenvalue weighted by Crippen LogP contribution is -2.53. The molecule has 4 aliphatic carbocycles. The summed E-state index contributed by atoms with van der Waals surface area (Å²) >= 11 is 0. The monoisotopic (exact) mass is 278 g/mol. The summed E-state index contributed by atoms with van der Waals surface area (Å²) in [6.07, 6.45) is 9.37. The van der Waals surface area contributed by atoms with Gasteiger partial charge in [0.05, 0.1) is 6.04 Å². The number of carbonyl (C=O) groups is 1. The predicted octanol–water partition coefficient (Wildman–Crippen LogP) is 2.69. The topological polar surface area (TPSA) is 55.1 Å². The van der Waals surface area contributed by atoms with Crippen molar-refractivity contribution in [1.29, 1.82) is 0 Å². The Morgan fingerprint density at radius 2 is 1.70 bits per heavy atom. The van der Waals surface area contributed by atoms with E-state index in [9.17, 15) is 4.79 Å². The van der Waals surface area contributed by atoms with Crippen LogP contribution in [0.25, 0.3) is 0 Å². The highest BCUT2D eigenvalue weighted by Gasteiger charge is 2.50. The lowest BCUT2D eigenvalue weighted by molar-refractivity contribution is -0.125. The molecule has 0 aromatic rings. The Balaban J connectivity index is 1.57. The van der Waals surface area contributed by atoms with Crippen LogP contribution in [-0.2, 0) is 4.79 Å². The second-order valence-corrected chi connectivity index (χ2v) is 8.05. The van der Waals surface area contributed by atoms with E-state index in [1.807, 2.05) is 0 Å². The zero-order valence-electron chi connectivity index (χ0n) is 13.0. The van der Waals surface area contributed by atoms with Crippen LogP contribution < -0.4 is 11.1 Å². The minimum atomic E-state index is -0.339. The summed E-state index contributed by atoms with van der Waals surface area (Å²) in [5.41, 5.74) is 6.45. The summed E-state index contributed by atoms with van der Waals surface area (Å²) < 4.78 is 0. The molecular weight excluding hydrogens is 248 g/mol. The third-order valence-corrected chi connectivity index (χ3v) is 6.36. The van der Waals surface area contributed by atoms with Crippen molar-refractivity contribution >= 4 is 5.91 Å². The van der Waals surface area contributed by atoms with Crippen LogP contribution in [0.3, 0.4) is 0 Å². The molecule has 0 aromatic heterocycles. The van der Waals surface area contributed by atoms with Crippen LogP contribution in [0.15, 0.2) is 0 Å². The third kappa shape index (κ3) is 2.61. The molecule has 3 heteroatoms. The minimum absolute atomic E-state index is 0.0649. The molecule has 3 N–H and O–H groups in total. The van der Waals surface area contributed by atoms with E-state index in [4.69, 9.17) is 5.73 Å². The molecule has 4 aliphatic rings. The maximum absolute atomic E-state index is 12.2. The first-order valence-electron chi connectivity index (χ1n) is 8.54. The van der Waals surface area contributed by atoms with E-state index in [0.717, 1.165) is 30.7 Å². The maximum atomic E-state index is 12.2. The molecular formula is C17H30N2O. The Hall–Kier alpha value is -0.570. The highest BCUT2D eigenvalue weighted by molar-refractivity contribution is 5.81. The first-order chi connectivity index (χ1) is 9.51. The molecule has 4 saturated carbocycles. The van der Waals surface area contributed by atoms with Crippen molar-refractivity contribution in [2.24, 2.45) is 34.8 Å². The molecule has 20 heavy (non-hydrogen) atoms. The van der Waals surface area contributed by atoms with E-state index in [1.54, 1.807) is 0 Å². The van der Waals surface area contributed by atoms with E-state index in [2.05, 4.69) is 19.2 Å². The summed E-state index contributed by atoms with van der Waals surface area (Å²) in [6, 6.07) is -0.339. The van der Waals surface area contributed by atoms with Crippen molar-refractivity contribution in [3.05, 3.63) is 0 Å². The van der Waals surface area contributed by atoms with Gasteiger partial charge in [0.1, 0.15) is 0 Å². The summed E-state index contributed by atoms with van der Waals surface area (Å²) in [7, 11) is 0. The largest absolute Gasteiger partial charge is 0.354 e. The van der Waals surface area contributed by atoms with Gasteiger partial charge in [0.2, 0.25) is 5.91 Å². The standard InChI is InChI=1S/C17H30N2O/c1-3-11(2)15(18)16(20)19-10-17-7-12-4-13(8-17)6-14(5-12)9-17/h11-15H,3-10,18H2,1-2H3,(H,19,20). The van der Waals surface area contributed by atoms with Crippen molar-refractivity contribution in [1.82, 2.24) is 5.32 Å². The molecule has 4 rings (SSSR count). The Labute approximate surface area is 123 Å². The summed E-state index contributed by atoms with van der Waals surface area (Å²) in [4.78, 5) is 12.2. The van der Waals surface area contributed by atoms with E-state index in [0.29, 0.717) is 5.41 Å². The van der Waals surface area contributed by atoms with Crippen molar-refractivity contribution in [3.63, 3.8) is 0 Å². The average molecular weight is 278 g/mol. The van der Waals surface area contributed by atoms with Crippen molar-refractivity contribution < 1.29 is 4.79 Å². The zero-order valence-corrected chi connectivity index (χ0v) is 13.0. The van der Waals surface area contributed by atoms with Gasteiger partial charge in [0.25, 0.3) is 0 Å². The average Bonchev–Trinajstić information content (AvgIpc) is 2.41. The van der Waals surface area contributed by atoms with Gasteiger partial charge in [-0.1, -0.05) is 20.3 Å². The van der Waals surface area contributed by atoms with Gasteiger partial charge in [0.15, 0.2) is 0 Å². The van der Waals surface area contributed by atoms with Crippen LogP contribution in [0.4, 0.5) is 0 Å². The van der Waals surface area contributed by atoms with Crippen LogP contribution in [0.2, 0.25) is 0 Å². The van der Waals surface area contributed by atoms with Gasteiger partial charge in [-0.2, -0.15) is 0 Å². The van der Waals surface area contributed by atoms with Crippen molar-refractivity contribution in [2.75, 3.05) is 6.54 Å². The molecule has 4 fully saturated rings. The van der Waals surface area contributed by atoms with E-state index in [-0.39, 0.29) is 17.9 Å². The summed E-state index contributed by atoms with van der Waals surface area (Å²) in [6.45, 7) is 5.03. The summed E-state index contributed by atoms with van der Waals surface area (Å²) in [5, 5.41) is 3.19. The second-order valence-electron chi connectivity index (χ2n) is 8.05. The van der Waals surface area contributed by atoms with Crippen LogP contribution in [-0.4, -0.2) is 18.5 Å². The lowest BCUT2D eigenvalue weighted by Gasteiger charge is -2.57. The predicted molar refractivity (Wildman–Crippen MR) is 81.0 cm³/mol. The molecule has 1 amide bonds. The first kappa shape index (κ1) is 14.4. The Kier molecular flexibility index (Phi) is 3.83. The molecule has 0 saturated heterocycles. The highest BCUT2D eigenvalue weighted by atomic mass is 16.2. The second kappa shape index (κ2) is 5.32. The molecule has 0 radical (unpaired) electrons. The van der Waals surface area contributed by atoms with E-state index < -0.39 is 0 Å². The van der Waals surface area contributed by atoms with Crippen LogP contribution in [0.1, 0.15) is 58.8 Å². The van der Waals surface area contributed by atoms with Gasteiger partial charge >= 0.3 is 0 Å². The number of nitrogens with two attached hydrogens (primary N) is 1. The van der Waals surface area contributed by atoms with Crippen molar-refractivity contribution in [2.45, 2.75) is 64.8 Å². The SMILES string of the molecule is CCC(C)C(N)C(=O)NCC12CC3CC(CC(C3)C1)C2. The summed E-state index contributed by atoms with van der Waals surface area (Å²) in [5.74, 6) is 3.17. The lowest BCUT2D eigenvalue weighted by atomic mass is 9.49. The zero-order chi connectivity index (χ0) is 14.3. The van der Waals surface area contributed by atoms with E-state index >= 15 is 0 Å². The number of hydrogen-bond acceptors (Lipinski definition) is 2. The minimum Gasteiger partial charge on any atom is -0.354 e. The Morgan fingerprint density at radius 1 is 1.20 bits per heavy atom. The van der Waals surface area contributed by atoms with Crippen molar-refractivity contribution in [3.8, 4) is 0 Å². The third-order valence-electron chi connectivity index (χ3n) is 6.36. The first-order valence-corrected chi connectivity index (χ1v) is 8.54. The fourth-order valence-electron chi connectivity index (χ4n) is 5.41. The number of rotatable bonds is 5. The van der Waals surface area contributed by atoms with Gasteiger partial charge in [0, 0.05) is 6.54 Å². The van der Waals surface area contributed by atoms with Gasteiger partial charge in [-0.25, -0.2) is 0 Å². The fourth-order valence-corrected chi connectivity index (χ4v) is 5.41. The van der Waals surface area contributed by atoms with Gasteiger partial charge in [-0.15, -0.1) is 0 Å². The molecule has 4 bridgehead atoms. The molecule has 2 atom stereocenters. The van der Waals surface area contributed by atoms with Gasteiger partial charge in [-0.3, -0.25) is 4.79 Å². The molecule has 3 nitrogen and oxygen atoms in total. The maximum Gasteiger partial charge on any atom is 0.237 e. The molecule has 0 aromatic carbocycles. The molecule has 114 valence electrons. The number of nitrogens with one attached hydrogen (secondary N) is 1. The number of carbonyl (C=O) groups excluding carboxylic acids is 1. The smallest absolute Gasteiger partial charge is 0.237 e. The van der Waals surface area contributed by atoms with Crippen LogP contribution >= 0.6 is 0 Å². The fraction of sp³-hybridized carbons (Fsp3) is 0.941. The van der Waals surface area contributed by atoms with E-state index in [1.165, 1.54) is 38.5 Å². The molecule has 0 spiro atoms. The number of hydrogen-bond donors (Lipinski definition) is 2. The highest BCUT2D eigenvalue weighted by Crippen LogP contribution is 2.59. The van der Waals surface area contributed by atoms with Crippen LogP contribution in [0.5, 0.6) is 0 Å². The normalized spacial score (nSPS) is 41.5. The molecule has 2 unspecified atom stereocenters. The van der Waals surface area contributed by atoms with Crippen LogP contribution in [0, 0.1) is 29.1 Å². The number of amides is 1. The molecule has 0 aliphatic heterocycles. The Morgan fingerprint density at radius 3 is 2.15 bits per heavy atom. The van der Waals surface area contributed by atoms with Gasteiger partial charge < -0.3 is 11.1 Å².